The van der Waals surface area contributed by atoms with E-state index in [1.165, 1.54) is 50.2 Å². The maximum Gasteiger partial charge on any atom is 0.343 e. The fourth-order valence-electron chi connectivity index (χ4n) is 3.21. The van der Waals surface area contributed by atoms with Crippen LogP contribution in [0.3, 0.4) is 0 Å². The van der Waals surface area contributed by atoms with Crippen molar-refractivity contribution in [3.05, 3.63) is 113 Å². The highest BCUT2D eigenvalue weighted by molar-refractivity contribution is 6.32. The third-order valence-electron chi connectivity index (χ3n) is 5.53. The first-order valence-electron chi connectivity index (χ1n) is 12.8. The second kappa shape index (κ2) is 15.8. The number of hydrogen-bond acceptors (Lipinski definition) is 10. The molecule has 0 radical (unpaired) electrons. The molecule has 0 aromatic heterocycles. The van der Waals surface area contributed by atoms with E-state index < -0.39 is 23.9 Å². The molecule has 3 rings (SSSR count). The summed E-state index contributed by atoms with van der Waals surface area (Å²) in [6.45, 7) is 9.52. The summed E-state index contributed by atoms with van der Waals surface area (Å²) in [7, 11) is 0. The van der Waals surface area contributed by atoms with Crippen molar-refractivity contribution in [1.82, 2.24) is 0 Å². The van der Waals surface area contributed by atoms with Crippen LogP contribution in [-0.4, -0.2) is 44.1 Å². The van der Waals surface area contributed by atoms with Gasteiger partial charge in [0.25, 0.3) is 0 Å². The molecular formula is C32H29ClO10. The number of benzene rings is 3. The van der Waals surface area contributed by atoms with Crippen LogP contribution in [0.25, 0.3) is 0 Å². The van der Waals surface area contributed by atoms with Gasteiger partial charge in [0.05, 0.1) is 22.8 Å². The Morgan fingerprint density at radius 1 is 0.674 bits per heavy atom. The van der Waals surface area contributed by atoms with Crippen LogP contribution in [0.5, 0.6) is 17.2 Å². The monoisotopic (exact) mass is 608 g/mol. The Morgan fingerprint density at radius 2 is 1.16 bits per heavy atom. The van der Waals surface area contributed by atoms with Gasteiger partial charge in [-0.15, -0.1) is 0 Å². The van der Waals surface area contributed by atoms with Crippen molar-refractivity contribution in [1.29, 1.82) is 0 Å². The van der Waals surface area contributed by atoms with Gasteiger partial charge in [-0.2, -0.15) is 0 Å². The maximum atomic E-state index is 12.6. The Kier molecular flexibility index (Phi) is 11.9. The Morgan fingerprint density at radius 3 is 1.63 bits per heavy atom. The van der Waals surface area contributed by atoms with E-state index in [4.69, 9.17) is 40.0 Å². The Bertz CT molecular complexity index is 1490. The third-order valence-corrected chi connectivity index (χ3v) is 5.83. The molecule has 3 aromatic rings. The van der Waals surface area contributed by atoms with E-state index in [9.17, 15) is 19.2 Å². The minimum atomic E-state index is -0.631. The molecule has 43 heavy (non-hydrogen) atoms. The number of rotatable bonds is 14. The molecule has 0 fully saturated rings. The molecule has 3 aromatic carbocycles. The minimum absolute atomic E-state index is 0.0875. The van der Waals surface area contributed by atoms with Gasteiger partial charge in [-0.1, -0.05) is 30.8 Å². The van der Waals surface area contributed by atoms with E-state index in [-0.39, 0.29) is 47.7 Å². The number of carbonyl (C=O) groups excluding carboxylic acids is 4. The molecule has 0 unspecified atom stereocenters. The number of esters is 4. The molecule has 0 bridgehead atoms. The van der Waals surface area contributed by atoms with E-state index in [2.05, 4.69) is 13.2 Å². The zero-order valence-electron chi connectivity index (χ0n) is 23.6. The largest absolute Gasteiger partial charge is 0.462 e. The molecule has 0 atom stereocenters. The predicted molar refractivity (Wildman–Crippen MR) is 156 cm³/mol. The van der Waals surface area contributed by atoms with E-state index >= 15 is 0 Å². The number of ether oxygens (including phenoxy) is 6. The molecule has 0 spiro atoms. The van der Waals surface area contributed by atoms with E-state index in [1.54, 1.807) is 30.3 Å². The van der Waals surface area contributed by atoms with Gasteiger partial charge in [0, 0.05) is 17.6 Å². The fraction of sp³-hybridized carbons (Fsp3) is 0.188. The first-order valence-corrected chi connectivity index (χ1v) is 13.2. The van der Waals surface area contributed by atoms with Crippen molar-refractivity contribution < 1.29 is 47.6 Å². The van der Waals surface area contributed by atoms with Crippen molar-refractivity contribution in [2.75, 3.05) is 20.2 Å². The molecule has 0 saturated carbocycles. The summed E-state index contributed by atoms with van der Waals surface area (Å²) in [5.41, 5.74) is 1.85. The van der Waals surface area contributed by atoms with Crippen LogP contribution in [0.4, 0.5) is 0 Å². The zero-order chi connectivity index (χ0) is 31.4. The number of halogens is 1. The lowest BCUT2D eigenvalue weighted by atomic mass is 10.1. The maximum absolute atomic E-state index is 12.6. The van der Waals surface area contributed by atoms with Gasteiger partial charge < -0.3 is 28.4 Å². The Labute approximate surface area is 253 Å². The van der Waals surface area contributed by atoms with Crippen LogP contribution in [0.1, 0.15) is 40.1 Å². The second-order valence-electron chi connectivity index (χ2n) is 9.04. The molecule has 224 valence electrons. The fourth-order valence-corrected chi connectivity index (χ4v) is 3.45. The quantitative estimate of drug-likeness (QED) is 0.0721. The zero-order valence-corrected chi connectivity index (χ0v) is 24.3. The molecule has 0 aliphatic carbocycles. The molecule has 0 N–H and O–H groups in total. The standard InChI is InChI=1S/C32H29ClO10/c1-20(2)29(34)41-18-39-25-10-6-23(7-11-25)31(36)38-16-15-22-5-14-28(27(33)17-22)43-32(37)24-8-12-26(13-9-24)40-19-42-30(35)21(3)4/h5-14,17H,1,3,15-16,18-19H2,2,4H3. The number of hydrogen-bond donors (Lipinski definition) is 0. The summed E-state index contributed by atoms with van der Waals surface area (Å²) >= 11 is 6.32. The van der Waals surface area contributed by atoms with Crippen molar-refractivity contribution in [3.63, 3.8) is 0 Å². The Hall–Kier alpha value is -5.09. The molecule has 0 aliphatic rings. The van der Waals surface area contributed by atoms with E-state index in [1.807, 2.05) is 0 Å². The van der Waals surface area contributed by atoms with Crippen LogP contribution in [-0.2, 0) is 30.2 Å². The van der Waals surface area contributed by atoms with Crippen LogP contribution >= 0.6 is 11.6 Å². The summed E-state index contributed by atoms with van der Waals surface area (Å²) < 4.78 is 31.1. The van der Waals surface area contributed by atoms with Gasteiger partial charge in [-0.05, 0) is 80.1 Å². The van der Waals surface area contributed by atoms with Gasteiger partial charge in [0.15, 0.2) is 0 Å². The highest BCUT2D eigenvalue weighted by Crippen LogP contribution is 2.27. The molecule has 0 heterocycles. The Balaban J connectivity index is 1.43. The highest BCUT2D eigenvalue weighted by Gasteiger charge is 2.13. The first kappa shape index (κ1) is 32.4. The van der Waals surface area contributed by atoms with Crippen LogP contribution in [0, 0.1) is 0 Å². The minimum Gasteiger partial charge on any atom is -0.462 e. The van der Waals surface area contributed by atoms with Gasteiger partial charge in [0.2, 0.25) is 13.6 Å². The van der Waals surface area contributed by atoms with Gasteiger partial charge in [-0.3, -0.25) is 0 Å². The third kappa shape index (κ3) is 10.4. The average molecular weight is 609 g/mol. The van der Waals surface area contributed by atoms with Crippen molar-refractivity contribution in [2.45, 2.75) is 20.3 Å². The predicted octanol–water partition coefficient (Wildman–Crippen LogP) is 5.87. The van der Waals surface area contributed by atoms with Crippen LogP contribution < -0.4 is 14.2 Å². The molecule has 0 aliphatic heterocycles. The first-order chi connectivity index (χ1) is 20.5. The second-order valence-corrected chi connectivity index (χ2v) is 9.44. The average Bonchev–Trinajstić information content (AvgIpc) is 2.98. The highest BCUT2D eigenvalue weighted by atomic mass is 35.5. The molecule has 0 amide bonds. The molecule has 11 heteroatoms. The smallest absolute Gasteiger partial charge is 0.343 e. The lowest BCUT2D eigenvalue weighted by Gasteiger charge is -2.10. The van der Waals surface area contributed by atoms with Crippen molar-refractivity contribution >= 4 is 35.5 Å². The van der Waals surface area contributed by atoms with Gasteiger partial charge >= 0.3 is 23.9 Å². The summed E-state index contributed by atoms with van der Waals surface area (Å²) in [5, 5.41) is 0.209. The molecule has 10 nitrogen and oxygen atoms in total. The normalized spacial score (nSPS) is 10.2. The lowest BCUT2D eigenvalue weighted by molar-refractivity contribution is -0.146. The van der Waals surface area contributed by atoms with Crippen molar-refractivity contribution in [2.24, 2.45) is 0 Å². The molecule has 0 saturated heterocycles. The summed E-state index contributed by atoms with van der Waals surface area (Å²) in [6, 6.07) is 17.1. The van der Waals surface area contributed by atoms with Crippen molar-refractivity contribution in [3.8, 4) is 17.2 Å². The lowest BCUT2D eigenvalue weighted by Crippen LogP contribution is -2.11. The van der Waals surface area contributed by atoms with E-state index in [0.29, 0.717) is 23.5 Å². The summed E-state index contributed by atoms with van der Waals surface area (Å²) in [4.78, 5) is 47.7. The number of carbonyl (C=O) groups is 4. The van der Waals surface area contributed by atoms with Gasteiger partial charge in [-0.25, -0.2) is 19.2 Å². The SMILES string of the molecule is C=C(C)C(=O)OCOc1ccc(C(=O)OCCc2ccc(OC(=O)c3ccc(OCOC(=O)C(=C)C)cc3)c(Cl)c2)cc1. The van der Waals surface area contributed by atoms with Gasteiger partial charge in [0.1, 0.15) is 17.2 Å². The van der Waals surface area contributed by atoms with Crippen LogP contribution in [0.2, 0.25) is 5.02 Å². The summed E-state index contributed by atoms with van der Waals surface area (Å²) in [6.07, 6.45) is 0.373. The van der Waals surface area contributed by atoms with E-state index in [0.717, 1.165) is 5.56 Å². The summed E-state index contributed by atoms with van der Waals surface area (Å²) in [5.74, 6) is -1.33. The molecular weight excluding hydrogens is 580 g/mol. The topological polar surface area (TPSA) is 124 Å². The van der Waals surface area contributed by atoms with Crippen LogP contribution in [0.15, 0.2) is 91.0 Å².